The highest BCUT2D eigenvalue weighted by atomic mass is 19.1. The summed E-state index contributed by atoms with van der Waals surface area (Å²) in [5, 5.41) is 8.83. The van der Waals surface area contributed by atoms with Gasteiger partial charge in [0.05, 0.1) is 5.92 Å². The predicted octanol–water partition coefficient (Wildman–Crippen LogP) is 2.91. The normalized spacial score (nSPS) is 22.4. The van der Waals surface area contributed by atoms with Crippen molar-refractivity contribution in [1.29, 1.82) is 0 Å². The lowest BCUT2D eigenvalue weighted by Gasteiger charge is -2.23. The Morgan fingerprint density at radius 3 is 2.65 bits per heavy atom. The van der Waals surface area contributed by atoms with Crippen LogP contribution in [0.15, 0.2) is 24.3 Å². The molecular weight excluding hydrogens is 257 g/mol. The summed E-state index contributed by atoms with van der Waals surface area (Å²) in [4.78, 5) is 13.0. The van der Waals surface area contributed by atoms with E-state index in [1.54, 1.807) is 6.08 Å². The summed E-state index contributed by atoms with van der Waals surface area (Å²) >= 11 is 0. The van der Waals surface area contributed by atoms with Crippen LogP contribution in [0.1, 0.15) is 30.4 Å². The van der Waals surface area contributed by atoms with Crippen molar-refractivity contribution in [3.63, 3.8) is 0 Å². The SMILES string of the molecule is O=C(O)C1C=C(c2ccc(CN3CCCC3)c(F)c2)C1. The number of allylic oxidation sites excluding steroid dienone is 1. The summed E-state index contributed by atoms with van der Waals surface area (Å²) in [6.45, 7) is 2.77. The summed E-state index contributed by atoms with van der Waals surface area (Å²) in [5.41, 5.74) is 2.47. The van der Waals surface area contributed by atoms with Gasteiger partial charge < -0.3 is 5.11 Å². The van der Waals surface area contributed by atoms with Gasteiger partial charge in [-0.05, 0) is 49.6 Å². The average Bonchev–Trinajstić information content (AvgIpc) is 2.83. The molecule has 0 bridgehead atoms. The van der Waals surface area contributed by atoms with E-state index >= 15 is 0 Å². The largest absolute Gasteiger partial charge is 0.481 e. The van der Waals surface area contributed by atoms with Gasteiger partial charge in [0.15, 0.2) is 0 Å². The van der Waals surface area contributed by atoms with E-state index in [0.717, 1.165) is 29.8 Å². The summed E-state index contributed by atoms with van der Waals surface area (Å²) in [7, 11) is 0. The van der Waals surface area contributed by atoms with Crippen molar-refractivity contribution in [1.82, 2.24) is 4.90 Å². The molecule has 1 unspecified atom stereocenters. The zero-order valence-corrected chi connectivity index (χ0v) is 11.3. The van der Waals surface area contributed by atoms with Gasteiger partial charge in [0.2, 0.25) is 0 Å². The molecule has 1 saturated heterocycles. The highest BCUT2D eigenvalue weighted by Gasteiger charge is 2.26. The summed E-state index contributed by atoms with van der Waals surface area (Å²) in [5.74, 6) is -1.40. The molecule has 1 N–H and O–H groups in total. The van der Waals surface area contributed by atoms with Crippen molar-refractivity contribution in [2.24, 2.45) is 5.92 Å². The molecule has 3 rings (SSSR count). The zero-order chi connectivity index (χ0) is 14.1. The lowest BCUT2D eigenvalue weighted by molar-refractivity contribution is -0.140. The number of nitrogens with zero attached hydrogens (tertiary/aromatic N) is 1. The van der Waals surface area contributed by atoms with Gasteiger partial charge in [-0.2, -0.15) is 0 Å². The number of carbonyl (C=O) groups is 1. The minimum Gasteiger partial charge on any atom is -0.481 e. The lowest BCUT2D eigenvalue weighted by atomic mass is 9.82. The van der Waals surface area contributed by atoms with Crippen LogP contribution < -0.4 is 0 Å². The first-order valence-corrected chi connectivity index (χ1v) is 7.08. The molecule has 0 aromatic heterocycles. The van der Waals surface area contributed by atoms with Crippen LogP contribution in [0.3, 0.4) is 0 Å². The standard InChI is InChI=1S/C16H18FNO2/c17-15-9-11(13-7-14(8-13)16(19)20)3-4-12(15)10-18-5-1-2-6-18/h3-4,7,9,14H,1-2,5-6,8,10H2,(H,19,20). The number of aliphatic carboxylic acids is 1. The summed E-state index contributed by atoms with van der Waals surface area (Å²) < 4.78 is 14.1. The Hall–Kier alpha value is -1.68. The monoisotopic (exact) mass is 275 g/mol. The fourth-order valence-corrected chi connectivity index (χ4v) is 2.88. The van der Waals surface area contributed by atoms with E-state index in [1.807, 2.05) is 12.1 Å². The molecule has 0 radical (unpaired) electrons. The van der Waals surface area contributed by atoms with Crippen molar-refractivity contribution >= 4 is 11.5 Å². The third-order valence-corrected chi connectivity index (χ3v) is 4.18. The molecule has 0 saturated carbocycles. The Bertz CT molecular complexity index is 562. The van der Waals surface area contributed by atoms with E-state index in [-0.39, 0.29) is 5.82 Å². The maximum atomic E-state index is 14.1. The Morgan fingerprint density at radius 1 is 1.35 bits per heavy atom. The highest BCUT2D eigenvalue weighted by Crippen LogP contribution is 2.34. The van der Waals surface area contributed by atoms with E-state index in [1.165, 1.54) is 18.9 Å². The second-order valence-corrected chi connectivity index (χ2v) is 5.63. The van der Waals surface area contributed by atoms with Gasteiger partial charge in [-0.3, -0.25) is 9.69 Å². The molecule has 1 fully saturated rings. The highest BCUT2D eigenvalue weighted by molar-refractivity contribution is 5.84. The summed E-state index contributed by atoms with van der Waals surface area (Å²) in [6, 6.07) is 5.27. The zero-order valence-electron chi connectivity index (χ0n) is 11.3. The van der Waals surface area contributed by atoms with E-state index in [2.05, 4.69) is 4.90 Å². The molecule has 0 spiro atoms. The van der Waals surface area contributed by atoms with Crippen molar-refractivity contribution in [2.45, 2.75) is 25.8 Å². The average molecular weight is 275 g/mol. The maximum absolute atomic E-state index is 14.1. The molecule has 1 aliphatic heterocycles. The van der Waals surface area contributed by atoms with Crippen LogP contribution in [-0.2, 0) is 11.3 Å². The summed E-state index contributed by atoms with van der Waals surface area (Å²) in [6.07, 6.45) is 4.60. The number of halogens is 1. The van der Waals surface area contributed by atoms with E-state index < -0.39 is 11.9 Å². The van der Waals surface area contributed by atoms with Crippen LogP contribution in [0, 0.1) is 11.7 Å². The van der Waals surface area contributed by atoms with Crippen LogP contribution in [0.4, 0.5) is 4.39 Å². The molecule has 1 heterocycles. The molecule has 1 aromatic rings. The molecule has 106 valence electrons. The molecule has 4 heteroatoms. The van der Waals surface area contributed by atoms with Gasteiger partial charge >= 0.3 is 5.97 Å². The first-order chi connectivity index (χ1) is 9.63. The number of carboxylic acids is 1. The molecule has 20 heavy (non-hydrogen) atoms. The third kappa shape index (κ3) is 2.61. The second kappa shape index (κ2) is 5.37. The van der Waals surface area contributed by atoms with Gasteiger partial charge in [-0.1, -0.05) is 18.2 Å². The van der Waals surface area contributed by atoms with Crippen LogP contribution in [0.2, 0.25) is 0 Å². The molecule has 1 aromatic carbocycles. The number of hydrogen-bond acceptors (Lipinski definition) is 2. The van der Waals surface area contributed by atoms with Crippen LogP contribution in [0.25, 0.3) is 5.57 Å². The second-order valence-electron chi connectivity index (χ2n) is 5.63. The fraction of sp³-hybridized carbons (Fsp3) is 0.438. The predicted molar refractivity (Wildman–Crippen MR) is 74.6 cm³/mol. The fourth-order valence-electron chi connectivity index (χ4n) is 2.88. The van der Waals surface area contributed by atoms with Crippen LogP contribution >= 0.6 is 0 Å². The van der Waals surface area contributed by atoms with Crippen LogP contribution in [0.5, 0.6) is 0 Å². The number of hydrogen-bond donors (Lipinski definition) is 1. The van der Waals surface area contributed by atoms with E-state index in [9.17, 15) is 9.18 Å². The Morgan fingerprint density at radius 2 is 2.05 bits per heavy atom. The first kappa shape index (κ1) is 13.3. The Kier molecular flexibility index (Phi) is 3.57. The van der Waals surface area contributed by atoms with Crippen molar-refractivity contribution in [2.75, 3.05) is 13.1 Å². The van der Waals surface area contributed by atoms with Gasteiger partial charge in [0, 0.05) is 12.1 Å². The van der Waals surface area contributed by atoms with Gasteiger partial charge in [-0.15, -0.1) is 0 Å². The van der Waals surface area contributed by atoms with E-state index in [4.69, 9.17) is 5.11 Å². The number of benzene rings is 1. The molecule has 2 aliphatic rings. The quantitative estimate of drug-likeness (QED) is 0.918. The topological polar surface area (TPSA) is 40.5 Å². The number of carboxylic acid groups (broad SMARTS) is 1. The molecule has 1 atom stereocenters. The Balaban J connectivity index is 1.71. The number of rotatable bonds is 4. The van der Waals surface area contributed by atoms with Gasteiger partial charge in [-0.25, -0.2) is 4.39 Å². The van der Waals surface area contributed by atoms with Gasteiger partial charge in [0.1, 0.15) is 5.82 Å². The number of likely N-dealkylation sites (tertiary alicyclic amines) is 1. The molecular formula is C16H18FNO2. The van der Waals surface area contributed by atoms with Gasteiger partial charge in [0.25, 0.3) is 0 Å². The third-order valence-electron chi connectivity index (χ3n) is 4.18. The smallest absolute Gasteiger partial charge is 0.310 e. The minimum atomic E-state index is -0.806. The van der Waals surface area contributed by atoms with Crippen molar-refractivity contribution in [3.05, 3.63) is 41.2 Å². The lowest BCUT2D eigenvalue weighted by Crippen LogP contribution is -2.20. The minimum absolute atomic E-state index is 0.186. The van der Waals surface area contributed by atoms with E-state index in [0.29, 0.717) is 13.0 Å². The van der Waals surface area contributed by atoms with Crippen LogP contribution in [-0.4, -0.2) is 29.1 Å². The molecule has 0 amide bonds. The molecule has 3 nitrogen and oxygen atoms in total. The first-order valence-electron chi connectivity index (χ1n) is 7.08. The van der Waals surface area contributed by atoms with Crippen molar-refractivity contribution in [3.8, 4) is 0 Å². The Labute approximate surface area is 117 Å². The molecule has 1 aliphatic carbocycles. The maximum Gasteiger partial charge on any atom is 0.310 e. The van der Waals surface area contributed by atoms with Crippen molar-refractivity contribution < 1.29 is 14.3 Å².